The Morgan fingerprint density at radius 2 is 2.20 bits per heavy atom. The van der Waals surface area contributed by atoms with E-state index in [4.69, 9.17) is 23.2 Å². The van der Waals surface area contributed by atoms with Gasteiger partial charge in [-0.2, -0.15) is 0 Å². The SMILES string of the molecule is O=C(N[C@@H]1CCCNC1)c1cc([N+](=O)[O-])cc(Cl)c1Cl. The third-order valence-corrected chi connectivity index (χ3v) is 3.90. The van der Waals surface area contributed by atoms with Gasteiger partial charge >= 0.3 is 0 Å². The fourth-order valence-electron chi connectivity index (χ4n) is 2.08. The smallest absolute Gasteiger partial charge is 0.271 e. The molecule has 1 aliphatic heterocycles. The fourth-order valence-corrected chi connectivity index (χ4v) is 2.49. The Labute approximate surface area is 125 Å². The average Bonchev–Trinajstić information content (AvgIpc) is 2.42. The second kappa shape index (κ2) is 6.39. The Morgan fingerprint density at radius 1 is 1.45 bits per heavy atom. The van der Waals surface area contributed by atoms with E-state index in [2.05, 4.69) is 10.6 Å². The summed E-state index contributed by atoms with van der Waals surface area (Å²) in [6.07, 6.45) is 1.83. The highest BCUT2D eigenvalue weighted by atomic mass is 35.5. The predicted octanol–water partition coefficient (Wildman–Crippen LogP) is 2.38. The van der Waals surface area contributed by atoms with E-state index >= 15 is 0 Å². The summed E-state index contributed by atoms with van der Waals surface area (Å²) in [7, 11) is 0. The highest BCUT2D eigenvalue weighted by molar-refractivity contribution is 6.44. The number of hydrogen-bond acceptors (Lipinski definition) is 4. The molecule has 8 heteroatoms. The molecule has 0 bridgehead atoms. The molecule has 1 heterocycles. The number of benzene rings is 1. The fraction of sp³-hybridized carbons (Fsp3) is 0.417. The van der Waals surface area contributed by atoms with Crippen LogP contribution in [-0.4, -0.2) is 30.0 Å². The van der Waals surface area contributed by atoms with Gasteiger partial charge in [0.1, 0.15) is 0 Å². The zero-order valence-corrected chi connectivity index (χ0v) is 12.0. The van der Waals surface area contributed by atoms with Crippen molar-refractivity contribution in [1.82, 2.24) is 10.6 Å². The van der Waals surface area contributed by atoms with Gasteiger partial charge in [0.05, 0.1) is 20.5 Å². The molecule has 6 nitrogen and oxygen atoms in total. The summed E-state index contributed by atoms with van der Waals surface area (Å²) in [5, 5.41) is 16.8. The number of piperidine rings is 1. The Kier molecular flexibility index (Phi) is 4.80. The molecule has 1 atom stereocenters. The van der Waals surface area contributed by atoms with Crippen molar-refractivity contribution in [3.63, 3.8) is 0 Å². The molecular formula is C12H13Cl2N3O3. The first kappa shape index (κ1) is 15.0. The van der Waals surface area contributed by atoms with E-state index in [1.165, 1.54) is 0 Å². The molecule has 0 unspecified atom stereocenters. The molecule has 2 rings (SSSR count). The van der Waals surface area contributed by atoms with Gasteiger partial charge in [0, 0.05) is 24.7 Å². The molecule has 0 aliphatic carbocycles. The van der Waals surface area contributed by atoms with Crippen LogP contribution in [0.3, 0.4) is 0 Å². The van der Waals surface area contributed by atoms with Crippen molar-refractivity contribution in [3.05, 3.63) is 37.9 Å². The van der Waals surface area contributed by atoms with Crippen LogP contribution >= 0.6 is 23.2 Å². The number of nitro groups is 1. The highest BCUT2D eigenvalue weighted by Crippen LogP contribution is 2.30. The molecule has 2 N–H and O–H groups in total. The van der Waals surface area contributed by atoms with Gasteiger partial charge in [0.2, 0.25) is 0 Å². The molecule has 20 heavy (non-hydrogen) atoms. The van der Waals surface area contributed by atoms with Gasteiger partial charge < -0.3 is 10.6 Å². The van der Waals surface area contributed by atoms with Crippen molar-refractivity contribution < 1.29 is 9.72 Å². The van der Waals surface area contributed by atoms with E-state index in [0.29, 0.717) is 6.54 Å². The molecule has 1 saturated heterocycles. The summed E-state index contributed by atoms with van der Waals surface area (Å²) in [6, 6.07) is 2.26. The average molecular weight is 318 g/mol. The first-order valence-corrected chi connectivity index (χ1v) is 6.89. The van der Waals surface area contributed by atoms with Crippen LogP contribution in [0.1, 0.15) is 23.2 Å². The van der Waals surface area contributed by atoms with Crippen LogP contribution in [0.25, 0.3) is 0 Å². The second-order valence-corrected chi connectivity index (χ2v) is 5.35. The number of hydrogen-bond donors (Lipinski definition) is 2. The predicted molar refractivity (Wildman–Crippen MR) is 76.5 cm³/mol. The molecule has 0 aromatic heterocycles. The third-order valence-electron chi connectivity index (χ3n) is 3.10. The quantitative estimate of drug-likeness (QED) is 0.662. The topological polar surface area (TPSA) is 84.3 Å². The maximum absolute atomic E-state index is 12.2. The summed E-state index contributed by atoms with van der Waals surface area (Å²) in [5.74, 6) is -0.450. The number of halogens is 2. The Bertz CT molecular complexity index is 545. The summed E-state index contributed by atoms with van der Waals surface area (Å²) in [6.45, 7) is 1.60. The van der Waals surface area contributed by atoms with Gasteiger partial charge in [0.15, 0.2) is 0 Å². The lowest BCUT2D eigenvalue weighted by Gasteiger charge is -2.24. The number of carbonyl (C=O) groups excluding carboxylic acids is 1. The van der Waals surface area contributed by atoms with Gasteiger partial charge in [-0.15, -0.1) is 0 Å². The normalized spacial score (nSPS) is 18.6. The molecule has 1 aliphatic rings. The summed E-state index contributed by atoms with van der Waals surface area (Å²) >= 11 is 11.8. The van der Waals surface area contributed by atoms with E-state index in [9.17, 15) is 14.9 Å². The number of nitro benzene ring substituents is 1. The minimum atomic E-state index is -0.610. The van der Waals surface area contributed by atoms with Crippen LogP contribution in [0.5, 0.6) is 0 Å². The molecule has 1 aromatic carbocycles. The van der Waals surface area contributed by atoms with Crippen molar-refractivity contribution in [1.29, 1.82) is 0 Å². The zero-order chi connectivity index (χ0) is 14.7. The number of amides is 1. The van der Waals surface area contributed by atoms with E-state index in [0.717, 1.165) is 31.5 Å². The second-order valence-electron chi connectivity index (χ2n) is 4.56. The third kappa shape index (κ3) is 3.39. The van der Waals surface area contributed by atoms with E-state index in [1.807, 2.05) is 0 Å². The Balaban J connectivity index is 2.21. The van der Waals surface area contributed by atoms with Gasteiger partial charge in [-0.05, 0) is 19.4 Å². The number of non-ortho nitro benzene ring substituents is 1. The van der Waals surface area contributed by atoms with Gasteiger partial charge in [-0.3, -0.25) is 14.9 Å². The largest absolute Gasteiger partial charge is 0.348 e. The highest BCUT2D eigenvalue weighted by Gasteiger charge is 2.22. The molecule has 1 amide bonds. The van der Waals surface area contributed by atoms with Crippen molar-refractivity contribution in [3.8, 4) is 0 Å². The summed E-state index contributed by atoms with van der Waals surface area (Å²) in [4.78, 5) is 22.3. The van der Waals surface area contributed by atoms with Crippen LogP contribution in [0.2, 0.25) is 10.0 Å². The minimum absolute atomic E-state index is 0.00668. The van der Waals surface area contributed by atoms with Crippen molar-refractivity contribution in [2.75, 3.05) is 13.1 Å². The van der Waals surface area contributed by atoms with Crippen molar-refractivity contribution in [2.24, 2.45) is 0 Å². The van der Waals surface area contributed by atoms with Crippen molar-refractivity contribution in [2.45, 2.75) is 18.9 Å². The van der Waals surface area contributed by atoms with E-state index in [-0.39, 0.29) is 27.3 Å². The van der Waals surface area contributed by atoms with Crippen LogP contribution in [0.15, 0.2) is 12.1 Å². The standard InChI is InChI=1S/C12H13Cl2N3O3/c13-10-5-8(17(19)20)4-9(11(10)14)12(18)16-7-2-1-3-15-6-7/h4-5,7,15H,1-3,6H2,(H,16,18)/t7-/m1/s1. The van der Waals surface area contributed by atoms with Crippen LogP contribution in [0.4, 0.5) is 5.69 Å². The number of carbonyl (C=O) groups is 1. The van der Waals surface area contributed by atoms with Crippen LogP contribution < -0.4 is 10.6 Å². The van der Waals surface area contributed by atoms with Crippen LogP contribution in [-0.2, 0) is 0 Å². The molecule has 1 fully saturated rings. The number of rotatable bonds is 3. The number of nitrogens with one attached hydrogen (secondary N) is 2. The Hall–Kier alpha value is -1.37. The molecule has 1 aromatic rings. The van der Waals surface area contributed by atoms with Gasteiger partial charge in [-0.1, -0.05) is 23.2 Å². The van der Waals surface area contributed by atoms with Gasteiger partial charge in [0.25, 0.3) is 11.6 Å². The molecular weight excluding hydrogens is 305 g/mol. The molecule has 0 radical (unpaired) electrons. The van der Waals surface area contributed by atoms with Crippen molar-refractivity contribution >= 4 is 34.8 Å². The maximum atomic E-state index is 12.2. The first-order chi connectivity index (χ1) is 9.49. The maximum Gasteiger partial charge on any atom is 0.271 e. The molecule has 0 saturated carbocycles. The lowest BCUT2D eigenvalue weighted by molar-refractivity contribution is -0.384. The molecule has 0 spiro atoms. The first-order valence-electron chi connectivity index (χ1n) is 6.14. The lowest BCUT2D eigenvalue weighted by atomic mass is 10.1. The summed E-state index contributed by atoms with van der Waals surface area (Å²) in [5.41, 5.74) is -0.234. The number of nitrogens with zero attached hydrogens (tertiary/aromatic N) is 1. The monoisotopic (exact) mass is 317 g/mol. The minimum Gasteiger partial charge on any atom is -0.348 e. The van der Waals surface area contributed by atoms with Crippen LogP contribution in [0, 0.1) is 10.1 Å². The Morgan fingerprint density at radius 3 is 2.80 bits per heavy atom. The molecule has 108 valence electrons. The van der Waals surface area contributed by atoms with E-state index in [1.54, 1.807) is 0 Å². The van der Waals surface area contributed by atoms with E-state index < -0.39 is 10.8 Å². The summed E-state index contributed by atoms with van der Waals surface area (Å²) < 4.78 is 0. The van der Waals surface area contributed by atoms with Gasteiger partial charge in [-0.25, -0.2) is 0 Å². The lowest BCUT2D eigenvalue weighted by Crippen LogP contribution is -2.45. The zero-order valence-electron chi connectivity index (χ0n) is 10.5.